The molecule has 0 spiro atoms. The van der Waals surface area contributed by atoms with Crippen LogP contribution in [0.4, 0.5) is 0 Å². The van der Waals surface area contributed by atoms with Gasteiger partial charge in [-0.3, -0.25) is 9.59 Å². The Morgan fingerprint density at radius 2 is 2.29 bits per heavy atom. The summed E-state index contributed by atoms with van der Waals surface area (Å²) >= 11 is 0. The van der Waals surface area contributed by atoms with E-state index in [0.717, 1.165) is 6.42 Å². The molecule has 1 heterocycles. The predicted octanol–water partition coefficient (Wildman–Crippen LogP) is 0.509. The predicted molar refractivity (Wildman–Crippen MR) is 53.4 cm³/mol. The first-order valence-electron chi connectivity index (χ1n) is 5.18. The lowest BCUT2D eigenvalue weighted by atomic mass is 10.1. The molecule has 0 aromatic heterocycles. The first kappa shape index (κ1) is 11.0. The number of nitrogens with two attached hydrogens (primary N) is 1. The highest BCUT2D eigenvalue weighted by atomic mass is 16.2. The van der Waals surface area contributed by atoms with Gasteiger partial charge in [0.1, 0.15) is 6.04 Å². The Kier molecular flexibility index (Phi) is 3.49. The van der Waals surface area contributed by atoms with Crippen molar-refractivity contribution in [3.05, 3.63) is 0 Å². The smallest absolute Gasteiger partial charge is 0.240 e. The van der Waals surface area contributed by atoms with Gasteiger partial charge in [0.15, 0.2) is 0 Å². The number of carbonyl (C=O) groups excluding carboxylic acids is 2. The molecular formula is C10H18N2O2. The molecule has 14 heavy (non-hydrogen) atoms. The van der Waals surface area contributed by atoms with E-state index in [0.29, 0.717) is 25.3 Å². The molecule has 0 saturated carbocycles. The number of primary amides is 1. The van der Waals surface area contributed by atoms with E-state index < -0.39 is 11.9 Å². The first-order chi connectivity index (χ1) is 6.60. The molecule has 1 fully saturated rings. The second-order valence-corrected chi connectivity index (χ2v) is 3.85. The number of nitrogens with zero attached hydrogens (tertiary/aromatic N) is 1. The monoisotopic (exact) mass is 198 g/mol. The number of carbonyl (C=O) groups is 2. The second-order valence-electron chi connectivity index (χ2n) is 3.85. The summed E-state index contributed by atoms with van der Waals surface area (Å²) < 4.78 is 0. The van der Waals surface area contributed by atoms with Gasteiger partial charge in [-0.25, -0.2) is 0 Å². The van der Waals surface area contributed by atoms with Crippen LogP contribution in [0.3, 0.4) is 0 Å². The highest BCUT2D eigenvalue weighted by Crippen LogP contribution is 2.23. The highest BCUT2D eigenvalue weighted by molar-refractivity contribution is 5.87. The molecule has 2 amide bonds. The summed E-state index contributed by atoms with van der Waals surface area (Å²) in [5, 5.41) is 0. The first-order valence-corrected chi connectivity index (χ1v) is 5.18. The van der Waals surface area contributed by atoms with E-state index >= 15 is 0 Å². The quantitative estimate of drug-likeness (QED) is 0.715. The molecule has 4 heteroatoms. The normalized spacial score (nSPS) is 24.0. The van der Waals surface area contributed by atoms with E-state index in [1.807, 2.05) is 6.92 Å². The molecule has 2 N–H and O–H groups in total. The van der Waals surface area contributed by atoms with Crippen molar-refractivity contribution in [2.45, 2.75) is 39.2 Å². The topological polar surface area (TPSA) is 63.4 Å². The van der Waals surface area contributed by atoms with Gasteiger partial charge in [-0.2, -0.15) is 0 Å². The molecule has 1 aliphatic heterocycles. The summed E-state index contributed by atoms with van der Waals surface area (Å²) in [6.45, 7) is 4.63. The fraction of sp³-hybridized carbons (Fsp3) is 0.800. The van der Waals surface area contributed by atoms with E-state index in [1.165, 1.54) is 0 Å². The molecule has 1 saturated heterocycles. The standard InChI is InChI=1S/C10H18N2O2/c1-3-7-5-9(13)12(6-7)8(4-2)10(11)14/h7-8H,3-6H2,1-2H3,(H2,11,14)/t7?,8-/m0/s1. The molecular weight excluding hydrogens is 180 g/mol. The Labute approximate surface area is 84.4 Å². The van der Waals surface area contributed by atoms with Crippen molar-refractivity contribution < 1.29 is 9.59 Å². The maximum absolute atomic E-state index is 11.6. The van der Waals surface area contributed by atoms with Gasteiger partial charge in [-0.1, -0.05) is 20.3 Å². The summed E-state index contributed by atoms with van der Waals surface area (Å²) in [5.41, 5.74) is 5.24. The Hall–Kier alpha value is -1.06. The molecule has 4 nitrogen and oxygen atoms in total. The lowest BCUT2D eigenvalue weighted by Crippen LogP contribution is -2.45. The lowest BCUT2D eigenvalue weighted by molar-refractivity contribution is -0.136. The Morgan fingerprint density at radius 1 is 1.64 bits per heavy atom. The maximum Gasteiger partial charge on any atom is 0.240 e. The maximum atomic E-state index is 11.6. The van der Waals surface area contributed by atoms with Crippen LogP contribution in [0.15, 0.2) is 0 Å². The van der Waals surface area contributed by atoms with E-state index in [4.69, 9.17) is 5.73 Å². The molecule has 0 bridgehead atoms. The lowest BCUT2D eigenvalue weighted by Gasteiger charge is -2.24. The van der Waals surface area contributed by atoms with Crippen LogP contribution in [0.1, 0.15) is 33.1 Å². The van der Waals surface area contributed by atoms with Crippen LogP contribution < -0.4 is 5.73 Å². The van der Waals surface area contributed by atoms with Crippen LogP contribution in [0.2, 0.25) is 0 Å². The summed E-state index contributed by atoms with van der Waals surface area (Å²) in [6, 6.07) is -0.404. The zero-order valence-electron chi connectivity index (χ0n) is 8.82. The third-order valence-electron chi connectivity index (χ3n) is 2.91. The number of likely N-dealkylation sites (tertiary alicyclic amines) is 1. The van der Waals surface area contributed by atoms with Crippen molar-refractivity contribution in [1.29, 1.82) is 0 Å². The largest absolute Gasteiger partial charge is 0.368 e. The van der Waals surface area contributed by atoms with Gasteiger partial charge in [0.05, 0.1) is 0 Å². The van der Waals surface area contributed by atoms with Crippen molar-refractivity contribution >= 4 is 11.8 Å². The molecule has 0 radical (unpaired) electrons. The van der Waals surface area contributed by atoms with Gasteiger partial charge in [0.25, 0.3) is 0 Å². The average Bonchev–Trinajstić information content (AvgIpc) is 2.48. The zero-order chi connectivity index (χ0) is 10.7. The van der Waals surface area contributed by atoms with Crippen LogP contribution in [0, 0.1) is 5.92 Å². The van der Waals surface area contributed by atoms with Crippen molar-refractivity contribution in [3.8, 4) is 0 Å². The SMILES string of the molecule is CCC1CC(=O)N([C@@H](CC)C(N)=O)C1. The van der Waals surface area contributed by atoms with Gasteiger partial charge in [0, 0.05) is 13.0 Å². The minimum atomic E-state index is -0.404. The van der Waals surface area contributed by atoms with Crippen molar-refractivity contribution in [2.75, 3.05) is 6.54 Å². The number of rotatable bonds is 4. The van der Waals surface area contributed by atoms with Crippen LogP contribution in [-0.4, -0.2) is 29.3 Å². The Bertz CT molecular complexity index is 240. The molecule has 2 atom stereocenters. The number of hydrogen-bond donors (Lipinski definition) is 1. The van der Waals surface area contributed by atoms with Gasteiger partial charge in [0.2, 0.25) is 11.8 Å². The summed E-state index contributed by atoms with van der Waals surface area (Å²) in [6.07, 6.45) is 2.16. The summed E-state index contributed by atoms with van der Waals surface area (Å²) in [4.78, 5) is 24.3. The third kappa shape index (κ3) is 2.05. The Morgan fingerprint density at radius 3 is 2.64 bits per heavy atom. The minimum absolute atomic E-state index is 0.0718. The van der Waals surface area contributed by atoms with E-state index in [9.17, 15) is 9.59 Å². The zero-order valence-corrected chi connectivity index (χ0v) is 8.82. The molecule has 0 aliphatic carbocycles. The van der Waals surface area contributed by atoms with Crippen LogP contribution in [-0.2, 0) is 9.59 Å². The fourth-order valence-electron chi connectivity index (χ4n) is 1.96. The average molecular weight is 198 g/mol. The van der Waals surface area contributed by atoms with Crippen molar-refractivity contribution in [3.63, 3.8) is 0 Å². The molecule has 1 unspecified atom stereocenters. The minimum Gasteiger partial charge on any atom is -0.368 e. The molecule has 0 aromatic rings. The van der Waals surface area contributed by atoms with Crippen LogP contribution in [0.5, 0.6) is 0 Å². The third-order valence-corrected chi connectivity index (χ3v) is 2.91. The summed E-state index contributed by atoms with van der Waals surface area (Å²) in [5.74, 6) is 0.0796. The number of amides is 2. The molecule has 1 rings (SSSR count). The van der Waals surface area contributed by atoms with E-state index in [1.54, 1.807) is 4.90 Å². The molecule has 80 valence electrons. The van der Waals surface area contributed by atoms with Crippen molar-refractivity contribution in [1.82, 2.24) is 4.90 Å². The second kappa shape index (κ2) is 4.44. The van der Waals surface area contributed by atoms with Gasteiger partial charge >= 0.3 is 0 Å². The van der Waals surface area contributed by atoms with E-state index in [-0.39, 0.29) is 5.91 Å². The summed E-state index contributed by atoms with van der Waals surface area (Å²) in [7, 11) is 0. The van der Waals surface area contributed by atoms with Gasteiger partial charge in [-0.05, 0) is 12.3 Å². The number of hydrogen-bond acceptors (Lipinski definition) is 2. The highest BCUT2D eigenvalue weighted by Gasteiger charge is 2.34. The molecule has 1 aliphatic rings. The molecule has 0 aromatic carbocycles. The van der Waals surface area contributed by atoms with Gasteiger partial charge < -0.3 is 10.6 Å². The van der Waals surface area contributed by atoms with Crippen molar-refractivity contribution in [2.24, 2.45) is 11.7 Å². The van der Waals surface area contributed by atoms with Gasteiger partial charge in [-0.15, -0.1) is 0 Å². The van der Waals surface area contributed by atoms with E-state index in [2.05, 4.69) is 6.92 Å². The Balaban J connectivity index is 2.68. The van der Waals surface area contributed by atoms with Crippen LogP contribution >= 0.6 is 0 Å². The fourth-order valence-corrected chi connectivity index (χ4v) is 1.96. The van der Waals surface area contributed by atoms with Crippen LogP contribution in [0.25, 0.3) is 0 Å².